The third-order valence-corrected chi connectivity index (χ3v) is 2.05. The molecule has 16 heavy (non-hydrogen) atoms. The van der Waals surface area contributed by atoms with Gasteiger partial charge in [0.05, 0.1) is 24.7 Å². The standard InChI is InChI=1S/C12H12N2O2/c15-8-11-6-13-7-12(14-11)16-9-10-4-2-1-3-5-10/h1-7,15H,8-9H2. The quantitative estimate of drug-likeness (QED) is 0.842. The van der Waals surface area contributed by atoms with Gasteiger partial charge in [-0.3, -0.25) is 4.98 Å². The third kappa shape index (κ3) is 2.77. The van der Waals surface area contributed by atoms with Crippen molar-refractivity contribution in [1.29, 1.82) is 0 Å². The first kappa shape index (κ1) is 10.6. The SMILES string of the molecule is OCc1cncc(OCc2ccccc2)n1. The Hall–Kier alpha value is -1.94. The summed E-state index contributed by atoms with van der Waals surface area (Å²) in [6.45, 7) is 0.319. The minimum Gasteiger partial charge on any atom is -0.472 e. The maximum absolute atomic E-state index is 8.89. The van der Waals surface area contributed by atoms with E-state index < -0.39 is 0 Å². The van der Waals surface area contributed by atoms with E-state index in [1.807, 2.05) is 30.3 Å². The van der Waals surface area contributed by atoms with Crippen LogP contribution in [-0.2, 0) is 13.2 Å². The van der Waals surface area contributed by atoms with Crippen LogP contribution < -0.4 is 4.74 Å². The van der Waals surface area contributed by atoms with E-state index >= 15 is 0 Å². The second-order valence-corrected chi connectivity index (χ2v) is 3.28. The van der Waals surface area contributed by atoms with Gasteiger partial charge in [-0.1, -0.05) is 30.3 Å². The van der Waals surface area contributed by atoms with Crippen LogP contribution in [0.4, 0.5) is 0 Å². The highest BCUT2D eigenvalue weighted by Gasteiger charge is 1.99. The predicted octanol–water partition coefficient (Wildman–Crippen LogP) is 1.55. The average Bonchev–Trinajstić information content (AvgIpc) is 2.38. The molecule has 0 saturated heterocycles. The van der Waals surface area contributed by atoms with E-state index in [2.05, 4.69) is 9.97 Å². The monoisotopic (exact) mass is 216 g/mol. The van der Waals surface area contributed by atoms with E-state index in [9.17, 15) is 0 Å². The molecule has 82 valence electrons. The van der Waals surface area contributed by atoms with Gasteiger partial charge in [-0.15, -0.1) is 0 Å². The van der Waals surface area contributed by atoms with Crippen molar-refractivity contribution in [2.24, 2.45) is 0 Å². The van der Waals surface area contributed by atoms with Gasteiger partial charge >= 0.3 is 0 Å². The Bertz CT molecular complexity index is 446. The molecule has 0 bridgehead atoms. The van der Waals surface area contributed by atoms with Crippen LogP contribution in [0.2, 0.25) is 0 Å². The van der Waals surface area contributed by atoms with Gasteiger partial charge in [-0.25, -0.2) is 4.98 Å². The maximum Gasteiger partial charge on any atom is 0.232 e. The molecule has 0 aliphatic heterocycles. The molecule has 1 heterocycles. The molecule has 0 fully saturated rings. The Morgan fingerprint density at radius 1 is 1.12 bits per heavy atom. The van der Waals surface area contributed by atoms with Crippen LogP contribution in [0, 0.1) is 0 Å². The van der Waals surface area contributed by atoms with Crippen LogP contribution in [0.25, 0.3) is 0 Å². The van der Waals surface area contributed by atoms with Crippen LogP contribution in [-0.4, -0.2) is 15.1 Å². The molecule has 0 aliphatic carbocycles. The fraction of sp³-hybridized carbons (Fsp3) is 0.167. The lowest BCUT2D eigenvalue weighted by Gasteiger charge is -2.05. The van der Waals surface area contributed by atoms with Gasteiger partial charge in [0.2, 0.25) is 5.88 Å². The summed E-state index contributed by atoms with van der Waals surface area (Å²) in [6.07, 6.45) is 3.04. The maximum atomic E-state index is 8.89. The van der Waals surface area contributed by atoms with Gasteiger partial charge in [0, 0.05) is 0 Å². The van der Waals surface area contributed by atoms with E-state index in [1.54, 1.807) is 0 Å². The largest absolute Gasteiger partial charge is 0.472 e. The van der Waals surface area contributed by atoms with Crippen molar-refractivity contribution < 1.29 is 9.84 Å². The molecule has 0 aliphatic rings. The second-order valence-electron chi connectivity index (χ2n) is 3.28. The highest BCUT2D eigenvalue weighted by Crippen LogP contribution is 2.08. The smallest absolute Gasteiger partial charge is 0.232 e. The van der Waals surface area contributed by atoms with Gasteiger partial charge < -0.3 is 9.84 Å². The summed E-state index contributed by atoms with van der Waals surface area (Å²) in [5.74, 6) is 0.426. The van der Waals surface area contributed by atoms with Crippen LogP contribution in [0.5, 0.6) is 5.88 Å². The first-order chi connectivity index (χ1) is 7.88. The molecule has 0 spiro atoms. The van der Waals surface area contributed by atoms with Crippen molar-refractivity contribution in [3.63, 3.8) is 0 Å². The number of aliphatic hydroxyl groups is 1. The molecule has 0 amide bonds. The van der Waals surface area contributed by atoms with Gasteiger partial charge in [-0.05, 0) is 5.56 Å². The fourth-order valence-corrected chi connectivity index (χ4v) is 1.26. The van der Waals surface area contributed by atoms with Crippen molar-refractivity contribution in [2.75, 3.05) is 0 Å². The lowest BCUT2D eigenvalue weighted by Crippen LogP contribution is -1.99. The molecular formula is C12H12N2O2. The number of hydrogen-bond acceptors (Lipinski definition) is 4. The van der Waals surface area contributed by atoms with E-state index in [-0.39, 0.29) is 6.61 Å². The van der Waals surface area contributed by atoms with Crippen LogP contribution >= 0.6 is 0 Å². The van der Waals surface area contributed by atoms with Crippen LogP contribution in [0.1, 0.15) is 11.3 Å². The normalized spacial score (nSPS) is 10.1. The van der Waals surface area contributed by atoms with E-state index in [1.165, 1.54) is 12.4 Å². The average molecular weight is 216 g/mol. The highest BCUT2D eigenvalue weighted by atomic mass is 16.5. The first-order valence-electron chi connectivity index (χ1n) is 4.97. The Morgan fingerprint density at radius 2 is 1.94 bits per heavy atom. The minimum atomic E-state index is -0.129. The number of ether oxygens (including phenoxy) is 1. The summed E-state index contributed by atoms with van der Waals surface area (Å²) in [5.41, 5.74) is 1.57. The zero-order chi connectivity index (χ0) is 11.2. The highest BCUT2D eigenvalue weighted by molar-refractivity contribution is 5.15. The summed E-state index contributed by atoms with van der Waals surface area (Å²) in [5, 5.41) is 8.89. The molecule has 0 saturated carbocycles. The molecule has 0 radical (unpaired) electrons. The van der Waals surface area contributed by atoms with E-state index in [4.69, 9.17) is 9.84 Å². The topological polar surface area (TPSA) is 55.2 Å². The number of nitrogens with zero attached hydrogens (tertiary/aromatic N) is 2. The van der Waals surface area contributed by atoms with E-state index in [0.29, 0.717) is 18.2 Å². The van der Waals surface area contributed by atoms with Crippen molar-refractivity contribution in [1.82, 2.24) is 9.97 Å². The number of aliphatic hydroxyl groups excluding tert-OH is 1. The van der Waals surface area contributed by atoms with Gasteiger partial charge in [-0.2, -0.15) is 0 Å². The van der Waals surface area contributed by atoms with Crippen molar-refractivity contribution in [3.05, 3.63) is 54.0 Å². The second kappa shape index (κ2) is 5.23. The molecular weight excluding hydrogens is 204 g/mol. The molecule has 2 aromatic rings. The zero-order valence-corrected chi connectivity index (χ0v) is 8.71. The summed E-state index contributed by atoms with van der Waals surface area (Å²) < 4.78 is 5.45. The Labute approximate surface area is 93.6 Å². The summed E-state index contributed by atoms with van der Waals surface area (Å²) in [4.78, 5) is 7.99. The minimum absolute atomic E-state index is 0.129. The zero-order valence-electron chi connectivity index (χ0n) is 8.71. The first-order valence-corrected chi connectivity index (χ1v) is 4.97. The molecule has 1 aromatic heterocycles. The fourth-order valence-electron chi connectivity index (χ4n) is 1.26. The van der Waals surface area contributed by atoms with Crippen molar-refractivity contribution in [3.8, 4) is 5.88 Å². The Morgan fingerprint density at radius 3 is 2.69 bits per heavy atom. The molecule has 1 aromatic carbocycles. The molecule has 0 atom stereocenters. The van der Waals surface area contributed by atoms with Gasteiger partial charge in [0.1, 0.15) is 6.61 Å². The Balaban J connectivity index is 1.99. The number of rotatable bonds is 4. The molecule has 2 rings (SSSR count). The van der Waals surface area contributed by atoms with Crippen LogP contribution in [0.15, 0.2) is 42.7 Å². The Kier molecular flexibility index (Phi) is 3.46. The molecule has 1 N–H and O–H groups in total. The van der Waals surface area contributed by atoms with Crippen molar-refractivity contribution in [2.45, 2.75) is 13.2 Å². The van der Waals surface area contributed by atoms with Gasteiger partial charge in [0.15, 0.2) is 0 Å². The number of aromatic nitrogens is 2. The lowest BCUT2D eigenvalue weighted by molar-refractivity contribution is 0.264. The summed E-state index contributed by atoms with van der Waals surface area (Å²) >= 11 is 0. The predicted molar refractivity (Wildman–Crippen MR) is 58.7 cm³/mol. The van der Waals surface area contributed by atoms with Gasteiger partial charge in [0.25, 0.3) is 0 Å². The molecule has 4 heteroatoms. The molecule has 4 nitrogen and oxygen atoms in total. The lowest BCUT2D eigenvalue weighted by atomic mass is 10.2. The van der Waals surface area contributed by atoms with E-state index in [0.717, 1.165) is 5.56 Å². The summed E-state index contributed by atoms with van der Waals surface area (Å²) in [7, 11) is 0. The number of hydrogen-bond donors (Lipinski definition) is 1. The summed E-state index contributed by atoms with van der Waals surface area (Å²) in [6, 6.07) is 9.81. The number of benzene rings is 1. The molecule has 0 unspecified atom stereocenters. The van der Waals surface area contributed by atoms with Crippen molar-refractivity contribution >= 4 is 0 Å². The van der Waals surface area contributed by atoms with Crippen LogP contribution in [0.3, 0.4) is 0 Å². The third-order valence-electron chi connectivity index (χ3n) is 2.05.